The predicted molar refractivity (Wildman–Crippen MR) is 218 cm³/mol. The maximum Gasteiger partial charge on any atom is 0.341 e. The summed E-state index contributed by atoms with van der Waals surface area (Å²) in [6.45, 7) is -0.360. The molecule has 0 radical (unpaired) electrons. The number of methoxy groups -OCH3 is 1. The van der Waals surface area contributed by atoms with Gasteiger partial charge in [0.1, 0.15) is 28.0 Å². The number of pyridine rings is 2. The SMILES string of the molecule is COc1cccc(F)c1S(=O)(=O)c1ccc(NC(=O)N(Cc2cccnc2)N(Cc2cccnc2)C(=O)Nc2ccc(S(=O)(=O)c3ccc(-n4cccn4)c(F)c3)cc2)cc1. The van der Waals surface area contributed by atoms with Gasteiger partial charge in [0.05, 0.1) is 34.9 Å². The Hall–Kier alpha value is -7.51. The second-order valence-electron chi connectivity index (χ2n) is 13.1. The van der Waals surface area contributed by atoms with Crippen LogP contribution >= 0.6 is 0 Å². The normalized spacial score (nSPS) is 11.4. The number of sulfone groups is 2. The van der Waals surface area contributed by atoms with Gasteiger partial charge in [0, 0.05) is 48.6 Å². The molecule has 2 N–H and O–H groups in total. The summed E-state index contributed by atoms with van der Waals surface area (Å²) in [7, 11) is -7.36. The van der Waals surface area contributed by atoms with E-state index in [1.807, 2.05) is 0 Å². The second kappa shape index (κ2) is 17.8. The van der Waals surface area contributed by atoms with E-state index in [0.29, 0.717) is 11.1 Å². The van der Waals surface area contributed by atoms with E-state index >= 15 is 0 Å². The molecule has 4 amide bonds. The van der Waals surface area contributed by atoms with Crippen LogP contribution in [0.5, 0.6) is 5.75 Å². The van der Waals surface area contributed by atoms with E-state index in [4.69, 9.17) is 4.74 Å². The van der Waals surface area contributed by atoms with E-state index < -0.39 is 48.3 Å². The molecule has 61 heavy (non-hydrogen) atoms. The van der Waals surface area contributed by atoms with Gasteiger partial charge >= 0.3 is 12.1 Å². The third-order valence-electron chi connectivity index (χ3n) is 9.10. The van der Waals surface area contributed by atoms with Gasteiger partial charge in [-0.05, 0) is 108 Å². The van der Waals surface area contributed by atoms with Gasteiger partial charge in [-0.2, -0.15) is 5.10 Å². The van der Waals surface area contributed by atoms with Crippen LogP contribution in [0.25, 0.3) is 5.69 Å². The van der Waals surface area contributed by atoms with Crippen LogP contribution in [0.15, 0.2) is 172 Å². The Morgan fingerprint density at radius 3 is 1.66 bits per heavy atom. The number of hydrazine groups is 1. The quantitative estimate of drug-likeness (QED) is 0.118. The van der Waals surface area contributed by atoms with Crippen LogP contribution < -0.4 is 15.4 Å². The molecule has 0 aliphatic carbocycles. The number of urea groups is 2. The minimum absolute atomic E-state index is 0.0653. The van der Waals surface area contributed by atoms with Gasteiger partial charge in [0.2, 0.25) is 19.7 Å². The van der Waals surface area contributed by atoms with Gasteiger partial charge in [-0.25, -0.2) is 49.9 Å². The summed E-state index contributed by atoms with van der Waals surface area (Å²) in [4.78, 5) is 35.3. The van der Waals surface area contributed by atoms with Crippen molar-refractivity contribution in [2.45, 2.75) is 32.7 Å². The Balaban J connectivity index is 1.15. The molecule has 0 atom stereocenters. The zero-order valence-corrected chi connectivity index (χ0v) is 33.6. The maximum atomic E-state index is 15.0. The summed E-state index contributed by atoms with van der Waals surface area (Å²) >= 11 is 0. The fourth-order valence-corrected chi connectivity index (χ4v) is 8.83. The molecule has 3 heterocycles. The average molecular weight is 865 g/mol. The van der Waals surface area contributed by atoms with Crippen LogP contribution in [0.4, 0.5) is 29.7 Å². The van der Waals surface area contributed by atoms with Crippen LogP contribution in [-0.4, -0.2) is 65.8 Å². The molecule has 7 rings (SSSR count). The van der Waals surface area contributed by atoms with Crippen molar-refractivity contribution in [3.8, 4) is 11.4 Å². The number of hydrogen-bond acceptors (Lipinski definition) is 10. The molecule has 310 valence electrons. The third-order valence-corrected chi connectivity index (χ3v) is 12.7. The zero-order valence-electron chi connectivity index (χ0n) is 32.0. The Kier molecular flexibility index (Phi) is 12.1. The average Bonchev–Trinajstić information content (AvgIpc) is 3.81. The summed E-state index contributed by atoms with van der Waals surface area (Å²) in [5.74, 6) is -1.98. The second-order valence-corrected chi connectivity index (χ2v) is 16.9. The maximum absolute atomic E-state index is 15.0. The molecule has 19 heteroatoms. The van der Waals surface area contributed by atoms with Crippen LogP contribution in [0.2, 0.25) is 0 Å². The van der Waals surface area contributed by atoms with Crippen LogP contribution in [0.1, 0.15) is 11.1 Å². The van der Waals surface area contributed by atoms with Crippen molar-refractivity contribution in [1.82, 2.24) is 29.8 Å². The zero-order chi connectivity index (χ0) is 43.1. The first kappa shape index (κ1) is 41.6. The number of anilines is 2. The van der Waals surface area contributed by atoms with Gasteiger partial charge in [-0.3, -0.25) is 9.97 Å². The molecule has 3 aromatic heterocycles. The Bertz CT molecular complexity index is 2890. The lowest BCUT2D eigenvalue weighted by molar-refractivity contribution is 0.0466. The fraction of sp³-hybridized carbons (Fsp3) is 0.0714. The van der Waals surface area contributed by atoms with E-state index in [9.17, 15) is 35.2 Å². The Labute approximate surface area is 348 Å². The number of halogens is 2. The molecule has 4 aromatic carbocycles. The summed E-state index contributed by atoms with van der Waals surface area (Å²) in [5.41, 5.74) is 1.42. The van der Waals surface area contributed by atoms with Crippen molar-refractivity contribution >= 4 is 43.1 Å². The Morgan fingerprint density at radius 1 is 0.639 bits per heavy atom. The standard InChI is InChI=1S/C42H34F2N8O7S2/c1-59-39-9-2-8-36(43)40(39)61(57,58)34-16-12-32(13-17-34)49-42(54)52(28-30-7-4-21-46-26-30)51(27-29-6-3-20-45-25-29)41(53)48-31-10-14-33(15-11-31)60(55,56)35-18-19-38(37(44)24-35)50-23-5-22-47-50/h2-26H,27-28H2,1H3,(H,48,53)(H,49,54). The lowest BCUT2D eigenvalue weighted by atomic mass is 10.2. The number of aromatic nitrogens is 4. The minimum Gasteiger partial charge on any atom is -0.495 e. The molecule has 0 unspecified atom stereocenters. The molecular weight excluding hydrogens is 831 g/mol. The number of nitrogens with zero attached hydrogens (tertiary/aromatic N) is 6. The number of amides is 4. The van der Waals surface area contributed by atoms with Crippen LogP contribution in [0, 0.1) is 11.6 Å². The number of benzene rings is 4. The Morgan fingerprint density at radius 2 is 1.18 bits per heavy atom. The third kappa shape index (κ3) is 9.22. The van der Waals surface area contributed by atoms with Crippen LogP contribution in [-0.2, 0) is 32.8 Å². The predicted octanol–water partition coefficient (Wildman–Crippen LogP) is 7.30. The number of carbonyl (C=O) groups excluding carboxylic acids is 2. The number of ether oxygens (including phenoxy) is 1. The van der Waals surface area contributed by atoms with Gasteiger partial charge < -0.3 is 15.4 Å². The summed E-state index contributed by atoms with van der Waals surface area (Å²) in [6, 6.07) is 24.0. The molecule has 0 aliphatic heterocycles. The van der Waals surface area contributed by atoms with Crippen molar-refractivity contribution < 1.29 is 39.9 Å². The molecule has 0 saturated carbocycles. The molecule has 0 saturated heterocycles. The van der Waals surface area contributed by atoms with Crippen molar-refractivity contribution in [1.29, 1.82) is 0 Å². The van der Waals surface area contributed by atoms with Crippen molar-refractivity contribution in [3.63, 3.8) is 0 Å². The monoisotopic (exact) mass is 864 g/mol. The largest absolute Gasteiger partial charge is 0.495 e. The first-order valence-corrected chi connectivity index (χ1v) is 21.1. The first-order chi connectivity index (χ1) is 29.3. The highest BCUT2D eigenvalue weighted by molar-refractivity contribution is 7.91. The summed E-state index contributed by atoms with van der Waals surface area (Å²) in [5, 5.41) is 11.6. The van der Waals surface area contributed by atoms with Gasteiger partial charge in [0.25, 0.3) is 0 Å². The molecule has 0 spiro atoms. The fourth-order valence-electron chi connectivity index (χ4n) is 6.09. The number of carbonyl (C=O) groups is 2. The first-order valence-electron chi connectivity index (χ1n) is 18.1. The number of rotatable bonds is 12. The van der Waals surface area contributed by atoms with Gasteiger partial charge in [-0.15, -0.1) is 0 Å². The molecule has 0 bridgehead atoms. The highest BCUT2D eigenvalue weighted by Crippen LogP contribution is 2.32. The van der Waals surface area contributed by atoms with Gasteiger partial charge in [0.15, 0.2) is 0 Å². The molecule has 0 fully saturated rings. The molecule has 15 nitrogen and oxygen atoms in total. The van der Waals surface area contributed by atoms with E-state index in [2.05, 4.69) is 25.7 Å². The van der Waals surface area contributed by atoms with E-state index in [1.54, 1.807) is 30.3 Å². The summed E-state index contributed by atoms with van der Waals surface area (Å²) < 4.78 is 90.0. The van der Waals surface area contributed by atoms with E-state index in [0.717, 1.165) is 22.2 Å². The minimum atomic E-state index is -4.39. The highest BCUT2D eigenvalue weighted by Gasteiger charge is 2.30. The van der Waals surface area contributed by atoms with Crippen molar-refractivity contribution in [3.05, 3.63) is 175 Å². The molecule has 0 aliphatic rings. The van der Waals surface area contributed by atoms with Crippen molar-refractivity contribution in [2.75, 3.05) is 17.7 Å². The highest BCUT2D eigenvalue weighted by atomic mass is 32.2. The van der Waals surface area contributed by atoms with Gasteiger partial charge in [-0.1, -0.05) is 18.2 Å². The smallest absolute Gasteiger partial charge is 0.341 e. The topological polar surface area (TPSA) is 186 Å². The van der Waals surface area contributed by atoms with E-state index in [1.165, 1.54) is 122 Å². The lowest BCUT2D eigenvalue weighted by Crippen LogP contribution is -2.52. The molecule has 7 aromatic rings. The van der Waals surface area contributed by atoms with Crippen LogP contribution in [0.3, 0.4) is 0 Å². The number of nitrogens with one attached hydrogen (secondary N) is 2. The molecular formula is C42H34F2N8O7S2. The summed E-state index contributed by atoms with van der Waals surface area (Å²) in [6.07, 6.45) is 9.08. The van der Waals surface area contributed by atoms with E-state index in [-0.39, 0.29) is 50.6 Å². The lowest BCUT2D eigenvalue weighted by Gasteiger charge is -2.35. The van der Waals surface area contributed by atoms with Crippen molar-refractivity contribution in [2.24, 2.45) is 0 Å². The number of hydrogen-bond donors (Lipinski definition) is 2.